The fourth-order valence-corrected chi connectivity index (χ4v) is 3.05. The molecule has 0 saturated carbocycles. The van der Waals surface area contributed by atoms with Crippen LogP contribution >= 0.6 is 11.8 Å². The van der Waals surface area contributed by atoms with Gasteiger partial charge in [-0.1, -0.05) is 13.0 Å². The maximum Gasteiger partial charge on any atom is 0.146 e. The summed E-state index contributed by atoms with van der Waals surface area (Å²) in [6.07, 6.45) is 3.11. The minimum atomic E-state index is -0.134. The summed E-state index contributed by atoms with van der Waals surface area (Å²) in [5.74, 6) is 0.880. The second kappa shape index (κ2) is 8.04. The van der Waals surface area contributed by atoms with Gasteiger partial charge in [0.2, 0.25) is 0 Å². The smallest absolute Gasteiger partial charge is 0.146 e. The van der Waals surface area contributed by atoms with Crippen LogP contribution in [-0.2, 0) is 6.54 Å². The van der Waals surface area contributed by atoms with Crippen molar-refractivity contribution in [1.29, 1.82) is 0 Å². The number of nitrogens with one attached hydrogen (secondary N) is 1. The van der Waals surface area contributed by atoms with E-state index in [2.05, 4.69) is 44.2 Å². The fraction of sp³-hybridized carbons (Fsp3) is 0.647. The van der Waals surface area contributed by atoms with E-state index in [0.717, 1.165) is 17.7 Å². The number of hydrogen-bond donors (Lipinski definition) is 1. The quantitative estimate of drug-likeness (QED) is 0.808. The number of anilines is 1. The van der Waals surface area contributed by atoms with Crippen molar-refractivity contribution in [3.05, 3.63) is 29.6 Å². The minimum Gasteiger partial charge on any atom is -0.368 e. The molecule has 0 heterocycles. The van der Waals surface area contributed by atoms with E-state index in [-0.39, 0.29) is 11.4 Å². The maximum atomic E-state index is 14.4. The largest absolute Gasteiger partial charge is 0.368 e. The second-order valence-electron chi connectivity index (χ2n) is 6.52. The number of nitrogens with zero attached hydrogens (tertiary/aromatic N) is 1. The van der Waals surface area contributed by atoms with E-state index < -0.39 is 0 Å². The van der Waals surface area contributed by atoms with Crippen molar-refractivity contribution in [2.45, 2.75) is 52.2 Å². The summed E-state index contributed by atoms with van der Waals surface area (Å²) in [6.45, 7) is 9.17. The van der Waals surface area contributed by atoms with Crippen LogP contribution in [0.1, 0.15) is 39.7 Å². The summed E-state index contributed by atoms with van der Waals surface area (Å²) < 4.78 is 14.4. The molecule has 0 aliphatic rings. The van der Waals surface area contributed by atoms with Crippen LogP contribution in [-0.4, -0.2) is 30.6 Å². The van der Waals surface area contributed by atoms with Crippen molar-refractivity contribution in [3.63, 3.8) is 0 Å². The maximum absolute atomic E-state index is 14.4. The molecule has 1 atom stereocenters. The normalized spacial score (nSPS) is 13.3. The molecular formula is C17H29FN2S. The Morgan fingerprint density at radius 3 is 2.48 bits per heavy atom. The third-order valence-electron chi connectivity index (χ3n) is 3.59. The van der Waals surface area contributed by atoms with E-state index in [9.17, 15) is 4.39 Å². The zero-order valence-electron chi connectivity index (χ0n) is 14.2. The van der Waals surface area contributed by atoms with E-state index in [4.69, 9.17) is 0 Å². The summed E-state index contributed by atoms with van der Waals surface area (Å²) in [6, 6.07) is 5.93. The molecule has 0 bridgehead atoms. The molecule has 0 aliphatic heterocycles. The number of rotatable bonds is 7. The molecule has 21 heavy (non-hydrogen) atoms. The van der Waals surface area contributed by atoms with Crippen molar-refractivity contribution in [2.75, 3.05) is 24.0 Å². The van der Waals surface area contributed by atoms with Gasteiger partial charge in [0.15, 0.2) is 0 Å². The van der Waals surface area contributed by atoms with Gasteiger partial charge in [-0.25, -0.2) is 4.39 Å². The van der Waals surface area contributed by atoms with E-state index in [1.807, 2.05) is 19.2 Å². The first kappa shape index (κ1) is 18.3. The Hall–Kier alpha value is -0.740. The van der Waals surface area contributed by atoms with Crippen molar-refractivity contribution in [1.82, 2.24) is 5.32 Å². The van der Waals surface area contributed by atoms with Crippen LogP contribution in [0.25, 0.3) is 0 Å². The van der Waals surface area contributed by atoms with Crippen LogP contribution in [0.3, 0.4) is 0 Å². The Balaban J connectivity index is 2.82. The molecule has 2 nitrogen and oxygen atoms in total. The molecule has 1 aromatic rings. The van der Waals surface area contributed by atoms with Crippen LogP contribution in [0.2, 0.25) is 0 Å². The highest BCUT2D eigenvalue weighted by Crippen LogP contribution is 2.23. The average Bonchev–Trinajstić information content (AvgIpc) is 2.41. The lowest BCUT2D eigenvalue weighted by Crippen LogP contribution is -2.35. The lowest BCUT2D eigenvalue weighted by Gasteiger charge is -2.29. The summed E-state index contributed by atoms with van der Waals surface area (Å²) in [7, 11) is 1.98. The van der Waals surface area contributed by atoms with Gasteiger partial charge < -0.3 is 10.2 Å². The molecular weight excluding hydrogens is 283 g/mol. The molecule has 1 rings (SSSR count). The number of halogens is 1. The molecule has 0 spiro atoms. The van der Waals surface area contributed by atoms with Crippen molar-refractivity contribution in [2.24, 2.45) is 0 Å². The highest BCUT2D eigenvalue weighted by Gasteiger charge is 2.17. The molecule has 1 N–H and O–H groups in total. The van der Waals surface area contributed by atoms with Gasteiger partial charge in [-0.2, -0.15) is 11.8 Å². The monoisotopic (exact) mass is 312 g/mol. The molecule has 0 aliphatic carbocycles. The van der Waals surface area contributed by atoms with Gasteiger partial charge in [0.05, 0.1) is 5.69 Å². The Morgan fingerprint density at radius 1 is 1.33 bits per heavy atom. The van der Waals surface area contributed by atoms with Gasteiger partial charge in [-0.15, -0.1) is 0 Å². The van der Waals surface area contributed by atoms with Gasteiger partial charge in [0.25, 0.3) is 0 Å². The van der Waals surface area contributed by atoms with Crippen LogP contribution in [0.5, 0.6) is 0 Å². The zero-order valence-corrected chi connectivity index (χ0v) is 15.0. The standard InChI is InChI=1S/C17H29FN2S/c1-7-14(12-21-6)20(5)16-9-8-13(10-15(16)18)11-19-17(2,3)4/h8-10,14,19H,7,11-12H2,1-6H3. The van der Waals surface area contributed by atoms with E-state index >= 15 is 0 Å². The van der Waals surface area contributed by atoms with Gasteiger partial charge in [-0.05, 0) is 51.1 Å². The molecule has 0 radical (unpaired) electrons. The Labute approximate surface area is 133 Å². The van der Waals surface area contributed by atoms with Gasteiger partial charge in [-0.3, -0.25) is 0 Å². The number of hydrogen-bond acceptors (Lipinski definition) is 3. The Morgan fingerprint density at radius 2 is 2.00 bits per heavy atom. The van der Waals surface area contributed by atoms with E-state index in [1.54, 1.807) is 17.8 Å². The van der Waals surface area contributed by atoms with Gasteiger partial charge in [0.1, 0.15) is 5.82 Å². The third kappa shape index (κ3) is 5.87. The van der Waals surface area contributed by atoms with Gasteiger partial charge in [0, 0.05) is 30.9 Å². The first-order chi connectivity index (χ1) is 9.78. The summed E-state index contributed by atoms with van der Waals surface area (Å²) in [5, 5.41) is 3.38. The first-order valence-electron chi connectivity index (χ1n) is 7.53. The van der Waals surface area contributed by atoms with E-state index in [1.165, 1.54) is 0 Å². The predicted octanol–water partition coefficient (Wildman–Crippen LogP) is 4.29. The molecule has 4 heteroatoms. The highest BCUT2D eigenvalue weighted by atomic mass is 32.2. The number of benzene rings is 1. The molecule has 0 amide bonds. The van der Waals surface area contributed by atoms with Crippen molar-refractivity contribution >= 4 is 17.4 Å². The summed E-state index contributed by atoms with van der Waals surface area (Å²) >= 11 is 1.80. The minimum absolute atomic E-state index is 0.0393. The van der Waals surface area contributed by atoms with Crippen molar-refractivity contribution < 1.29 is 4.39 Å². The van der Waals surface area contributed by atoms with Crippen LogP contribution in [0.15, 0.2) is 18.2 Å². The van der Waals surface area contributed by atoms with Gasteiger partial charge >= 0.3 is 0 Å². The SMILES string of the molecule is CCC(CSC)N(C)c1ccc(CNC(C)(C)C)cc1F. The lowest BCUT2D eigenvalue weighted by molar-refractivity contribution is 0.423. The topological polar surface area (TPSA) is 15.3 Å². The number of thioether (sulfide) groups is 1. The Bertz CT molecular complexity index is 443. The van der Waals surface area contributed by atoms with Crippen LogP contribution < -0.4 is 10.2 Å². The summed E-state index contributed by atoms with van der Waals surface area (Å²) in [4.78, 5) is 2.06. The van der Waals surface area contributed by atoms with Crippen LogP contribution in [0, 0.1) is 5.82 Å². The average molecular weight is 312 g/mol. The Kier molecular flexibility index (Phi) is 7.01. The highest BCUT2D eigenvalue weighted by molar-refractivity contribution is 7.98. The lowest BCUT2D eigenvalue weighted by atomic mass is 10.1. The van der Waals surface area contributed by atoms with Crippen LogP contribution in [0.4, 0.5) is 10.1 Å². The third-order valence-corrected chi connectivity index (χ3v) is 4.31. The molecule has 1 aromatic carbocycles. The van der Waals surface area contributed by atoms with Crippen molar-refractivity contribution in [3.8, 4) is 0 Å². The molecule has 0 saturated heterocycles. The predicted molar refractivity (Wildman–Crippen MR) is 93.9 cm³/mol. The second-order valence-corrected chi connectivity index (χ2v) is 7.43. The first-order valence-corrected chi connectivity index (χ1v) is 8.93. The molecule has 0 fully saturated rings. The summed E-state index contributed by atoms with van der Waals surface area (Å²) in [5.41, 5.74) is 1.71. The molecule has 0 aromatic heterocycles. The zero-order chi connectivity index (χ0) is 16.0. The fourth-order valence-electron chi connectivity index (χ4n) is 2.21. The molecule has 120 valence electrons. The van der Waals surface area contributed by atoms with E-state index in [0.29, 0.717) is 18.3 Å². The molecule has 1 unspecified atom stereocenters.